The first kappa shape index (κ1) is 14.3. The van der Waals surface area contributed by atoms with Crippen LogP contribution in [-0.2, 0) is 0 Å². The first-order valence-electron chi connectivity index (χ1n) is 7.76. The van der Waals surface area contributed by atoms with Gasteiger partial charge >= 0.3 is 0 Å². The Morgan fingerprint density at radius 2 is 1.83 bits per heavy atom. The van der Waals surface area contributed by atoms with Crippen LogP contribution in [-0.4, -0.2) is 54.6 Å². The lowest BCUT2D eigenvalue weighted by molar-refractivity contribution is 0.0318. The Hall–Kier alpha value is -0.120. The number of hydrogen-bond acceptors (Lipinski definition) is 3. The highest BCUT2D eigenvalue weighted by molar-refractivity contribution is 4.97. The van der Waals surface area contributed by atoms with Crippen molar-refractivity contribution in [2.24, 2.45) is 11.1 Å². The third kappa shape index (κ3) is 3.06. The molecular weight excluding hydrogens is 222 g/mol. The van der Waals surface area contributed by atoms with Gasteiger partial charge in [0, 0.05) is 38.3 Å². The molecule has 1 heterocycles. The van der Waals surface area contributed by atoms with E-state index in [2.05, 4.69) is 30.6 Å². The van der Waals surface area contributed by atoms with Gasteiger partial charge in [-0.1, -0.05) is 27.2 Å². The van der Waals surface area contributed by atoms with E-state index in [0.29, 0.717) is 17.5 Å². The molecule has 1 saturated heterocycles. The van der Waals surface area contributed by atoms with Crippen molar-refractivity contribution in [3.05, 3.63) is 0 Å². The number of rotatable bonds is 3. The van der Waals surface area contributed by atoms with Crippen molar-refractivity contribution in [3.63, 3.8) is 0 Å². The standard InChI is InChI=1S/C15H31N3/c1-4-8-17-9-11-18(12-10-17)13-6-5-7-15(2,3)14(13)16/h13-14H,4-12,16H2,1-3H3. The van der Waals surface area contributed by atoms with Crippen molar-refractivity contribution in [2.75, 3.05) is 32.7 Å². The minimum absolute atomic E-state index is 0.323. The van der Waals surface area contributed by atoms with Gasteiger partial charge in [-0.3, -0.25) is 4.90 Å². The van der Waals surface area contributed by atoms with Gasteiger partial charge in [-0.2, -0.15) is 0 Å². The largest absolute Gasteiger partial charge is 0.326 e. The number of piperazine rings is 1. The van der Waals surface area contributed by atoms with Gasteiger partial charge in [0.05, 0.1) is 0 Å². The molecule has 0 bridgehead atoms. The van der Waals surface area contributed by atoms with Crippen molar-refractivity contribution >= 4 is 0 Å². The molecule has 2 atom stereocenters. The van der Waals surface area contributed by atoms with Crippen molar-refractivity contribution < 1.29 is 0 Å². The Morgan fingerprint density at radius 1 is 1.17 bits per heavy atom. The lowest BCUT2D eigenvalue weighted by atomic mass is 9.70. The second-order valence-corrected chi connectivity index (χ2v) is 6.85. The Balaban J connectivity index is 1.89. The van der Waals surface area contributed by atoms with E-state index in [4.69, 9.17) is 5.73 Å². The first-order chi connectivity index (χ1) is 8.54. The Labute approximate surface area is 113 Å². The smallest absolute Gasteiger partial charge is 0.0253 e. The second-order valence-electron chi connectivity index (χ2n) is 6.85. The normalized spacial score (nSPS) is 34.7. The molecule has 1 saturated carbocycles. The molecule has 0 spiro atoms. The van der Waals surface area contributed by atoms with Crippen LogP contribution in [0, 0.1) is 5.41 Å². The van der Waals surface area contributed by atoms with E-state index in [1.807, 2.05) is 0 Å². The highest BCUT2D eigenvalue weighted by Gasteiger charge is 2.39. The minimum Gasteiger partial charge on any atom is -0.326 e. The Bertz CT molecular complexity index is 256. The van der Waals surface area contributed by atoms with Gasteiger partial charge < -0.3 is 10.6 Å². The summed E-state index contributed by atoms with van der Waals surface area (Å²) in [7, 11) is 0. The van der Waals surface area contributed by atoms with Gasteiger partial charge in [0.15, 0.2) is 0 Å². The molecule has 2 N–H and O–H groups in total. The lowest BCUT2D eigenvalue weighted by Gasteiger charge is -2.48. The molecule has 106 valence electrons. The summed E-state index contributed by atoms with van der Waals surface area (Å²) in [5.41, 5.74) is 6.85. The van der Waals surface area contributed by atoms with E-state index < -0.39 is 0 Å². The predicted octanol–water partition coefficient (Wildman–Crippen LogP) is 1.92. The number of nitrogens with two attached hydrogens (primary N) is 1. The maximum absolute atomic E-state index is 6.53. The fraction of sp³-hybridized carbons (Fsp3) is 1.00. The Kier molecular flexibility index (Phi) is 4.68. The molecule has 0 aromatic carbocycles. The van der Waals surface area contributed by atoms with Crippen LogP contribution in [0.15, 0.2) is 0 Å². The van der Waals surface area contributed by atoms with Crippen LogP contribution >= 0.6 is 0 Å². The van der Waals surface area contributed by atoms with E-state index in [1.165, 1.54) is 58.4 Å². The fourth-order valence-corrected chi connectivity index (χ4v) is 3.68. The maximum atomic E-state index is 6.53. The van der Waals surface area contributed by atoms with Gasteiger partial charge in [0.25, 0.3) is 0 Å². The summed E-state index contributed by atoms with van der Waals surface area (Å²) in [6.45, 7) is 13.1. The lowest BCUT2D eigenvalue weighted by Crippen LogP contribution is -2.60. The van der Waals surface area contributed by atoms with E-state index in [9.17, 15) is 0 Å². The van der Waals surface area contributed by atoms with Gasteiger partial charge in [-0.25, -0.2) is 0 Å². The maximum Gasteiger partial charge on any atom is 0.0253 e. The summed E-state index contributed by atoms with van der Waals surface area (Å²) >= 11 is 0. The molecule has 2 fully saturated rings. The topological polar surface area (TPSA) is 32.5 Å². The molecule has 1 aliphatic heterocycles. The molecule has 18 heavy (non-hydrogen) atoms. The summed E-state index contributed by atoms with van der Waals surface area (Å²) in [6, 6.07) is 0.974. The number of nitrogens with zero attached hydrogens (tertiary/aromatic N) is 2. The van der Waals surface area contributed by atoms with E-state index in [1.54, 1.807) is 0 Å². The van der Waals surface area contributed by atoms with Crippen LogP contribution in [0.25, 0.3) is 0 Å². The van der Waals surface area contributed by atoms with Crippen LogP contribution in [0.1, 0.15) is 46.5 Å². The van der Waals surface area contributed by atoms with Crippen molar-refractivity contribution in [3.8, 4) is 0 Å². The number of hydrogen-bond donors (Lipinski definition) is 1. The van der Waals surface area contributed by atoms with Crippen LogP contribution in [0.2, 0.25) is 0 Å². The Morgan fingerprint density at radius 3 is 2.44 bits per heavy atom. The fourth-order valence-electron chi connectivity index (χ4n) is 3.68. The van der Waals surface area contributed by atoms with E-state index >= 15 is 0 Å². The van der Waals surface area contributed by atoms with Crippen LogP contribution < -0.4 is 5.73 Å². The minimum atomic E-state index is 0.323. The zero-order valence-electron chi connectivity index (χ0n) is 12.5. The van der Waals surface area contributed by atoms with Crippen LogP contribution in [0.3, 0.4) is 0 Å². The monoisotopic (exact) mass is 253 g/mol. The van der Waals surface area contributed by atoms with Gasteiger partial charge in [-0.05, 0) is 31.2 Å². The van der Waals surface area contributed by atoms with Crippen LogP contribution in [0.5, 0.6) is 0 Å². The molecular formula is C15H31N3. The molecule has 0 radical (unpaired) electrons. The van der Waals surface area contributed by atoms with Crippen molar-refractivity contribution in [1.82, 2.24) is 9.80 Å². The van der Waals surface area contributed by atoms with Crippen molar-refractivity contribution in [2.45, 2.75) is 58.5 Å². The van der Waals surface area contributed by atoms with Gasteiger partial charge in [0.1, 0.15) is 0 Å². The quantitative estimate of drug-likeness (QED) is 0.834. The molecule has 2 rings (SSSR count). The average Bonchev–Trinajstić information content (AvgIpc) is 2.34. The van der Waals surface area contributed by atoms with E-state index in [0.717, 1.165) is 0 Å². The highest BCUT2D eigenvalue weighted by atomic mass is 15.3. The van der Waals surface area contributed by atoms with Crippen molar-refractivity contribution in [1.29, 1.82) is 0 Å². The molecule has 1 aliphatic carbocycles. The molecule has 0 aromatic rings. The average molecular weight is 253 g/mol. The summed E-state index contributed by atoms with van der Waals surface area (Å²) < 4.78 is 0. The molecule has 2 unspecified atom stereocenters. The molecule has 0 amide bonds. The zero-order chi connectivity index (χ0) is 13.2. The van der Waals surface area contributed by atoms with Gasteiger partial charge in [-0.15, -0.1) is 0 Å². The first-order valence-corrected chi connectivity index (χ1v) is 7.76. The summed E-state index contributed by atoms with van der Waals surface area (Å²) in [5.74, 6) is 0. The summed E-state index contributed by atoms with van der Waals surface area (Å²) in [6.07, 6.45) is 5.22. The van der Waals surface area contributed by atoms with E-state index in [-0.39, 0.29) is 0 Å². The highest BCUT2D eigenvalue weighted by Crippen LogP contribution is 2.36. The third-order valence-corrected chi connectivity index (χ3v) is 5.05. The third-order valence-electron chi connectivity index (χ3n) is 5.05. The second kappa shape index (κ2) is 5.89. The zero-order valence-corrected chi connectivity index (χ0v) is 12.5. The summed E-state index contributed by atoms with van der Waals surface area (Å²) in [4.78, 5) is 5.26. The molecule has 3 heteroatoms. The molecule has 2 aliphatic rings. The molecule has 0 aromatic heterocycles. The SMILES string of the molecule is CCCN1CCN(C2CCCC(C)(C)C2N)CC1. The predicted molar refractivity (Wildman–Crippen MR) is 77.7 cm³/mol. The summed E-state index contributed by atoms with van der Waals surface area (Å²) in [5, 5.41) is 0. The van der Waals surface area contributed by atoms with Crippen LogP contribution in [0.4, 0.5) is 0 Å². The van der Waals surface area contributed by atoms with Gasteiger partial charge in [0.2, 0.25) is 0 Å². The molecule has 3 nitrogen and oxygen atoms in total.